The minimum absolute atomic E-state index is 0.0266. The van der Waals surface area contributed by atoms with Gasteiger partial charge < -0.3 is 20.0 Å². The standard InChI is InChI=1S/C25H40N2O5S/c1-8-12-26(24(6,7)14-23(3,4)5)21(30)19-25-11-10-16(33-25)17(22(31)32)18(25)20(29)27(19)15(9-2)13-28/h8,15-19,28H,1,9-14H2,2-7H3,(H,31,32)/t15-,16+,17-,18-,19?,25?/m0/s1. The number of carbonyl (C=O) groups is 3. The van der Waals surface area contributed by atoms with E-state index >= 15 is 0 Å². The summed E-state index contributed by atoms with van der Waals surface area (Å²) >= 11 is 1.53. The number of carbonyl (C=O) groups excluding carboxylic acids is 2. The highest BCUT2D eigenvalue weighted by Crippen LogP contribution is 2.67. The molecule has 3 heterocycles. The Bertz CT molecular complexity index is 818. The van der Waals surface area contributed by atoms with Gasteiger partial charge in [-0.2, -0.15) is 0 Å². The van der Waals surface area contributed by atoms with Crippen LogP contribution in [0.5, 0.6) is 0 Å². The number of thioether (sulfide) groups is 1. The van der Waals surface area contributed by atoms with Gasteiger partial charge in [-0.3, -0.25) is 14.4 Å². The van der Waals surface area contributed by atoms with Crippen molar-refractivity contribution in [3.63, 3.8) is 0 Å². The van der Waals surface area contributed by atoms with Crippen LogP contribution >= 0.6 is 11.8 Å². The average Bonchev–Trinajstić information content (AvgIpc) is 3.32. The van der Waals surface area contributed by atoms with Gasteiger partial charge in [0.15, 0.2) is 0 Å². The van der Waals surface area contributed by atoms with Crippen LogP contribution in [0.2, 0.25) is 0 Å². The van der Waals surface area contributed by atoms with Crippen molar-refractivity contribution in [2.75, 3.05) is 13.2 Å². The van der Waals surface area contributed by atoms with Crippen molar-refractivity contribution in [1.29, 1.82) is 0 Å². The van der Waals surface area contributed by atoms with Crippen molar-refractivity contribution in [2.24, 2.45) is 17.3 Å². The molecule has 3 rings (SSSR count). The summed E-state index contributed by atoms with van der Waals surface area (Å²) in [5.74, 6) is -2.93. The molecule has 2 unspecified atom stereocenters. The van der Waals surface area contributed by atoms with Crippen molar-refractivity contribution in [3.8, 4) is 0 Å². The molecule has 2 N–H and O–H groups in total. The first-order valence-corrected chi connectivity index (χ1v) is 12.9. The van der Waals surface area contributed by atoms with Crippen molar-refractivity contribution < 1.29 is 24.6 Å². The van der Waals surface area contributed by atoms with Crippen molar-refractivity contribution in [3.05, 3.63) is 12.7 Å². The highest BCUT2D eigenvalue weighted by atomic mass is 32.2. The molecule has 3 aliphatic rings. The minimum Gasteiger partial charge on any atom is -0.481 e. The van der Waals surface area contributed by atoms with E-state index in [0.717, 1.165) is 6.42 Å². The molecule has 1 spiro atoms. The van der Waals surface area contributed by atoms with Crippen LogP contribution in [-0.4, -0.2) is 78.6 Å². The molecule has 7 nitrogen and oxygen atoms in total. The number of fused-ring (bicyclic) bond motifs is 1. The highest BCUT2D eigenvalue weighted by molar-refractivity contribution is 8.02. The molecule has 0 aromatic rings. The summed E-state index contributed by atoms with van der Waals surface area (Å²) in [5, 5.41) is 19.9. The Hall–Kier alpha value is -1.54. The van der Waals surface area contributed by atoms with Gasteiger partial charge in [-0.25, -0.2) is 0 Å². The lowest BCUT2D eigenvalue weighted by Crippen LogP contribution is -2.61. The van der Waals surface area contributed by atoms with Crippen LogP contribution in [0.4, 0.5) is 0 Å². The first kappa shape index (κ1) is 26.1. The Balaban J connectivity index is 2.11. The summed E-state index contributed by atoms with van der Waals surface area (Å²) in [5.41, 5.74) is -0.525. The topological polar surface area (TPSA) is 98.2 Å². The maximum absolute atomic E-state index is 14.4. The summed E-state index contributed by atoms with van der Waals surface area (Å²) in [7, 11) is 0. The van der Waals surface area contributed by atoms with Crippen molar-refractivity contribution in [2.45, 2.75) is 94.8 Å². The first-order chi connectivity index (χ1) is 15.3. The van der Waals surface area contributed by atoms with Gasteiger partial charge in [0.2, 0.25) is 11.8 Å². The van der Waals surface area contributed by atoms with E-state index in [1.807, 2.05) is 25.7 Å². The number of aliphatic hydroxyl groups excluding tert-OH is 1. The molecule has 0 aliphatic carbocycles. The number of hydrogen-bond acceptors (Lipinski definition) is 5. The quantitative estimate of drug-likeness (QED) is 0.492. The zero-order chi connectivity index (χ0) is 24.9. The van der Waals surface area contributed by atoms with Crippen LogP contribution in [0, 0.1) is 17.3 Å². The number of likely N-dealkylation sites (tertiary alicyclic amines) is 1. The van der Waals surface area contributed by atoms with Gasteiger partial charge in [0.25, 0.3) is 0 Å². The Kier molecular flexibility index (Phi) is 7.04. The zero-order valence-corrected chi connectivity index (χ0v) is 21.7. The molecule has 0 radical (unpaired) electrons. The van der Waals surface area contributed by atoms with Crippen LogP contribution in [0.3, 0.4) is 0 Å². The van der Waals surface area contributed by atoms with Gasteiger partial charge >= 0.3 is 5.97 Å². The van der Waals surface area contributed by atoms with Gasteiger partial charge in [0.1, 0.15) is 6.04 Å². The lowest BCUT2D eigenvalue weighted by molar-refractivity contribution is -0.150. The third-order valence-corrected chi connectivity index (χ3v) is 9.56. The zero-order valence-electron chi connectivity index (χ0n) is 20.8. The molecule has 186 valence electrons. The Morgan fingerprint density at radius 2 is 1.97 bits per heavy atom. The molecule has 33 heavy (non-hydrogen) atoms. The maximum atomic E-state index is 14.4. The highest BCUT2D eigenvalue weighted by Gasteiger charge is 2.74. The predicted molar refractivity (Wildman–Crippen MR) is 130 cm³/mol. The summed E-state index contributed by atoms with van der Waals surface area (Å²) in [6, 6.07) is -1.30. The number of rotatable bonds is 9. The van der Waals surface area contributed by atoms with Gasteiger partial charge in [0.05, 0.1) is 29.2 Å². The second-order valence-electron chi connectivity index (χ2n) is 11.7. The number of nitrogens with zero attached hydrogens (tertiary/aromatic N) is 2. The number of hydrogen-bond donors (Lipinski definition) is 2. The van der Waals surface area contributed by atoms with Gasteiger partial charge in [0, 0.05) is 17.3 Å². The van der Waals surface area contributed by atoms with E-state index in [4.69, 9.17) is 0 Å². The van der Waals surface area contributed by atoms with Crippen LogP contribution < -0.4 is 0 Å². The second kappa shape index (κ2) is 8.91. The minimum atomic E-state index is -0.964. The van der Waals surface area contributed by atoms with E-state index in [2.05, 4.69) is 27.4 Å². The Labute approximate surface area is 202 Å². The van der Waals surface area contributed by atoms with Crippen LogP contribution in [-0.2, 0) is 14.4 Å². The molecule has 0 saturated carbocycles. The largest absolute Gasteiger partial charge is 0.481 e. The van der Waals surface area contributed by atoms with Crippen molar-refractivity contribution >= 4 is 29.5 Å². The molecule has 3 fully saturated rings. The molecule has 0 aromatic carbocycles. The molecule has 2 bridgehead atoms. The summed E-state index contributed by atoms with van der Waals surface area (Å²) < 4.78 is -0.762. The van der Waals surface area contributed by atoms with Gasteiger partial charge in [-0.15, -0.1) is 18.3 Å². The predicted octanol–water partition coefficient (Wildman–Crippen LogP) is 3.16. The lowest BCUT2D eigenvalue weighted by atomic mass is 9.71. The first-order valence-electron chi connectivity index (χ1n) is 12.0. The molecular weight excluding hydrogens is 440 g/mol. The summed E-state index contributed by atoms with van der Waals surface area (Å²) in [6.45, 7) is 16.3. The Morgan fingerprint density at radius 1 is 1.33 bits per heavy atom. The lowest BCUT2D eigenvalue weighted by Gasteiger charge is -2.46. The fourth-order valence-corrected chi connectivity index (χ4v) is 8.96. The third-order valence-electron chi connectivity index (χ3n) is 7.60. The maximum Gasteiger partial charge on any atom is 0.308 e. The number of amides is 2. The fourth-order valence-electron chi connectivity index (χ4n) is 6.76. The van der Waals surface area contributed by atoms with E-state index < -0.39 is 40.2 Å². The van der Waals surface area contributed by atoms with Crippen LogP contribution in [0.25, 0.3) is 0 Å². The third kappa shape index (κ3) is 4.22. The monoisotopic (exact) mass is 480 g/mol. The Morgan fingerprint density at radius 3 is 2.45 bits per heavy atom. The van der Waals surface area contributed by atoms with E-state index in [1.165, 1.54) is 11.8 Å². The SMILES string of the molecule is C=CCN(C(=O)C1N([C@@H](CC)CO)C(=O)[C@@H]2[C@@H](C(=O)O)[C@H]3CCC12S3)C(C)(C)CC(C)(C)C. The van der Waals surface area contributed by atoms with Crippen molar-refractivity contribution in [1.82, 2.24) is 9.80 Å². The smallest absolute Gasteiger partial charge is 0.308 e. The average molecular weight is 481 g/mol. The summed E-state index contributed by atoms with van der Waals surface area (Å²) in [4.78, 5) is 43.7. The number of aliphatic hydroxyl groups is 1. The molecule has 6 atom stereocenters. The van der Waals surface area contributed by atoms with Gasteiger partial charge in [-0.05, 0) is 44.9 Å². The van der Waals surface area contributed by atoms with E-state index in [-0.39, 0.29) is 29.1 Å². The molecule has 3 saturated heterocycles. The number of carboxylic acid groups (broad SMARTS) is 1. The molecule has 2 amide bonds. The number of aliphatic carboxylic acids is 1. The molecule has 0 aromatic heterocycles. The van der Waals surface area contributed by atoms with Gasteiger partial charge in [-0.1, -0.05) is 33.8 Å². The number of carboxylic acids is 1. The van der Waals surface area contributed by atoms with Crippen LogP contribution in [0.15, 0.2) is 12.7 Å². The second-order valence-corrected chi connectivity index (χ2v) is 13.3. The fraction of sp³-hybridized carbons (Fsp3) is 0.800. The van der Waals surface area contributed by atoms with E-state index in [1.54, 1.807) is 11.0 Å². The van der Waals surface area contributed by atoms with Crippen LogP contribution in [0.1, 0.15) is 67.2 Å². The normalized spacial score (nSPS) is 32.1. The molecular formula is C25H40N2O5S. The molecule has 8 heteroatoms. The van der Waals surface area contributed by atoms with E-state index in [9.17, 15) is 24.6 Å². The molecule has 3 aliphatic heterocycles. The van der Waals surface area contributed by atoms with E-state index in [0.29, 0.717) is 25.8 Å². The summed E-state index contributed by atoms with van der Waals surface area (Å²) in [6.07, 6.45) is 4.28.